The normalized spacial score (nSPS) is 14.5. The first-order valence-corrected chi connectivity index (χ1v) is 10.1. The van der Waals surface area contributed by atoms with Gasteiger partial charge < -0.3 is 14.8 Å². The van der Waals surface area contributed by atoms with E-state index in [1.807, 2.05) is 11.2 Å². The van der Waals surface area contributed by atoms with Crippen LogP contribution in [0.2, 0.25) is 0 Å². The zero-order valence-corrected chi connectivity index (χ0v) is 16.3. The second kappa shape index (κ2) is 8.56. The second-order valence-electron chi connectivity index (χ2n) is 6.48. The van der Waals surface area contributed by atoms with E-state index in [-0.39, 0.29) is 17.3 Å². The van der Waals surface area contributed by atoms with Gasteiger partial charge in [-0.15, -0.1) is 0 Å². The summed E-state index contributed by atoms with van der Waals surface area (Å²) < 4.78 is 13.0. The zero-order valence-electron chi connectivity index (χ0n) is 15.5. The average Bonchev–Trinajstić information content (AvgIpc) is 2.67. The molecule has 1 aromatic heterocycles. The molecule has 27 heavy (non-hydrogen) atoms. The standard InChI is InChI=1S/C19H23FN4O2S/c1-13-16(18(26)22-19(21-13)27-2)7-8-17(25)24-11-9-23(10-12-24)15-5-3-14(20)4-6-15/h3-6H,7-12H2,1-2H3,(H,21,22,26). The van der Waals surface area contributed by atoms with Gasteiger partial charge in [-0.2, -0.15) is 0 Å². The maximum atomic E-state index is 13.0. The van der Waals surface area contributed by atoms with Crippen molar-refractivity contribution in [3.8, 4) is 0 Å². The van der Waals surface area contributed by atoms with E-state index >= 15 is 0 Å². The van der Waals surface area contributed by atoms with Crippen LogP contribution in [-0.4, -0.2) is 53.2 Å². The molecule has 2 aromatic rings. The molecule has 0 radical (unpaired) electrons. The number of hydrogen-bond donors (Lipinski definition) is 1. The molecule has 8 heteroatoms. The highest BCUT2D eigenvalue weighted by Gasteiger charge is 2.21. The second-order valence-corrected chi connectivity index (χ2v) is 7.28. The van der Waals surface area contributed by atoms with Crippen molar-refractivity contribution in [3.05, 3.63) is 51.7 Å². The van der Waals surface area contributed by atoms with Gasteiger partial charge in [0.15, 0.2) is 5.16 Å². The number of H-pyrrole nitrogens is 1. The van der Waals surface area contributed by atoms with Gasteiger partial charge in [0.05, 0.1) is 0 Å². The zero-order chi connectivity index (χ0) is 19.4. The maximum absolute atomic E-state index is 13.0. The molecule has 0 spiro atoms. The van der Waals surface area contributed by atoms with Crippen molar-refractivity contribution in [3.63, 3.8) is 0 Å². The van der Waals surface area contributed by atoms with E-state index < -0.39 is 0 Å². The average molecular weight is 390 g/mol. The summed E-state index contributed by atoms with van der Waals surface area (Å²) in [5.74, 6) is -0.209. The Hall–Kier alpha value is -2.35. The summed E-state index contributed by atoms with van der Waals surface area (Å²) in [6.45, 7) is 4.46. The van der Waals surface area contributed by atoms with Gasteiger partial charge in [0.2, 0.25) is 5.91 Å². The minimum atomic E-state index is -0.252. The van der Waals surface area contributed by atoms with Crippen molar-refractivity contribution in [2.45, 2.75) is 24.9 Å². The number of aromatic amines is 1. The van der Waals surface area contributed by atoms with Crippen LogP contribution >= 0.6 is 11.8 Å². The van der Waals surface area contributed by atoms with E-state index in [0.717, 1.165) is 5.69 Å². The summed E-state index contributed by atoms with van der Waals surface area (Å²) in [7, 11) is 0. The number of carbonyl (C=O) groups is 1. The highest BCUT2D eigenvalue weighted by atomic mass is 32.2. The Labute approximate surface area is 161 Å². The molecule has 6 nitrogen and oxygen atoms in total. The first-order chi connectivity index (χ1) is 13.0. The number of nitrogens with one attached hydrogen (secondary N) is 1. The number of aromatic nitrogens is 2. The number of thioether (sulfide) groups is 1. The number of nitrogens with zero attached hydrogens (tertiary/aromatic N) is 3. The lowest BCUT2D eigenvalue weighted by atomic mass is 10.1. The molecule has 3 rings (SSSR count). The van der Waals surface area contributed by atoms with Crippen LogP contribution in [0.4, 0.5) is 10.1 Å². The van der Waals surface area contributed by atoms with Gasteiger partial charge in [-0.05, 0) is 43.9 Å². The number of benzene rings is 1. The number of piperazine rings is 1. The Kier molecular flexibility index (Phi) is 6.15. The van der Waals surface area contributed by atoms with Crippen LogP contribution in [0.1, 0.15) is 17.7 Å². The van der Waals surface area contributed by atoms with Gasteiger partial charge in [-0.3, -0.25) is 9.59 Å². The maximum Gasteiger partial charge on any atom is 0.254 e. The van der Waals surface area contributed by atoms with Gasteiger partial charge in [-0.25, -0.2) is 9.37 Å². The minimum Gasteiger partial charge on any atom is -0.368 e. The van der Waals surface area contributed by atoms with Gasteiger partial charge in [0.1, 0.15) is 5.82 Å². The van der Waals surface area contributed by atoms with E-state index in [1.54, 1.807) is 19.1 Å². The first-order valence-electron chi connectivity index (χ1n) is 8.90. The molecule has 1 N–H and O–H groups in total. The Bertz CT molecular complexity index is 861. The van der Waals surface area contributed by atoms with E-state index in [4.69, 9.17) is 0 Å². The number of anilines is 1. The molecule has 0 unspecified atom stereocenters. The molecule has 1 fully saturated rings. The van der Waals surface area contributed by atoms with Crippen molar-refractivity contribution >= 4 is 23.4 Å². The molecule has 2 heterocycles. The van der Waals surface area contributed by atoms with Crippen molar-refractivity contribution in [1.82, 2.24) is 14.9 Å². The molecule has 1 aliphatic heterocycles. The Morgan fingerprint density at radius 2 is 1.89 bits per heavy atom. The minimum absolute atomic E-state index is 0.0431. The smallest absolute Gasteiger partial charge is 0.254 e. The molecule has 1 amide bonds. The molecule has 0 aliphatic carbocycles. The highest BCUT2D eigenvalue weighted by Crippen LogP contribution is 2.17. The number of carbonyl (C=O) groups excluding carboxylic acids is 1. The highest BCUT2D eigenvalue weighted by molar-refractivity contribution is 7.98. The van der Waals surface area contributed by atoms with E-state index in [0.29, 0.717) is 55.4 Å². The van der Waals surface area contributed by atoms with Gasteiger partial charge in [0, 0.05) is 49.5 Å². The third kappa shape index (κ3) is 4.68. The largest absolute Gasteiger partial charge is 0.368 e. The summed E-state index contributed by atoms with van der Waals surface area (Å²) in [4.78, 5) is 35.7. The van der Waals surface area contributed by atoms with Gasteiger partial charge in [-0.1, -0.05) is 11.8 Å². The van der Waals surface area contributed by atoms with Crippen molar-refractivity contribution in [2.75, 3.05) is 37.3 Å². The van der Waals surface area contributed by atoms with Gasteiger partial charge in [0.25, 0.3) is 5.56 Å². The summed E-state index contributed by atoms with van der Waals surface area (Å²) in [5, 5.41) is 0.587. The molecule has 0 saturated carbocycles. The van der Waals surface area contributed by atoms with Crippen molar-refractivity contribution in [2.24, 2.45) is 0 Å². The fourth-order valence-electron chi connectivity index (χ4n) is 3.23. The molecule has 0 atom stereocenters. The molecule has 144 valence electrons. The van der Waals surface area contributed by atoms with Crippen LogP contribution in [0.25, 0.3) is 0 Å². The van der Waals surface area contributed by atoms with Crippen LogP contribution in [0.3, 0.4) is 0 Å². The topological polar surface area (TPSA) is 69.3 Å². The fraction of sp³-hybridized carbons (Fsp3) is 0.421. The van der Waals surface area contributed by atoms with Crippen LogP contribution in [0.15, 0.2) is 34.2 Å². The Morgan fingerprint density at radius 3 is 2.48 bits per heavy atom. The third-order valence-electron chi connectivity index (χ3n) is 4.81. The Morgan fingerprint density at radius 1 is 1.22 bits per heavy atom. The first kappa shape index (κ1) is 19.4. The SMILES string of the molecule is CSc1nc(C)c(CCC(=O)N2CCN(c3ccc(F)cc3)CC2)c(=O)[nH]1. The number of halogens is 1. The predicted molar refractivity (Wildman–Crippen MR) is 105 cm³/mol. The lowest BCUT2D eigenvalue weighted by Gasteiger charge is -2.36. The summed E-state index contributed by atoms with van der Waals surface area (Å²) in [6.07, 6.45) is 2.53. The summed E-state index contributed by atoms with van der Waals surface area (Å²) in [5.41, 5.74) is 2.05. The van der Waals surface area contributed by atoms with Crippen molar-refractivity contribution < 1.29 is 9.18 Å². The van der Waals surface area contributed by atoms with E-state index in [1.165, 1.54) is 23.9 Å². The molecular weight excluding hydrogens is 367 g/mol. The summed E-state index contributed by atoms with van der Waals surface area (Å²) >= 11 is 1.38. The van der Waals surface area contributed by atoms with Crippen LogP contribution in [0, 0.1) is 12.7 Å². The lowest BCUT2D eigenvalue weighted by Crippen LogP contribution is -2.48. The van der Waals surface area contributed by atoms with Gasteiger partial charge >= 0.3 is 0 Å². The quantitative estimate of drug-likeness (QED) is 0.626. The fourth-order valence-corrected chi connectivity index (χ4v) is 3.65. The Balaban J connectivity index is 1.54. The predicted octanol–water partition coefficient (Wildman–Crippen LogP) is 2.22. The molecule has 0 bridgehead atoms. The number of amides is 1. The van der Waals surface area contributed by atoms with Crippen molar-refractivity contribution in [1.29, 1.82) is 0 Å². The third-order valence-corrected chi connectivity index (χ3v) is 5.39. The molecule has 1 aliphatic rings. The van der Waals surface area contributed by atoms with E-state index in [9.17, 15) is 14.0 Å². The monoisotopic (exact) mass is 390 g/mol. The number of aryl methyl sites for hydroxylation is 1. The van der Waals surface area contributed by atoms with Crippen LogP contribution in [0.5, 0.6) is 0 Å². The molecular formula is C19H23FN4O2S. The summed E-state index contributed by atoms with van der Waals surface area (Å²) in [6, 6.07) is 6.41. The van der Waals surface area contributed by atoms with Crippen LogP contribution in [-0.2, 0) is 11.2 Å². The molecule has 1 saturated heterocycles. The number of rotatable bonds is 5. The lowest BCUT2D eigenvalue weighted by molar-refractivity contribution is -0.131. The van der Waals surface area contributed by atoms with E-state index in [2.05, 4.69) is 14.9 Å². The number of hydrogen-bond acceptors (Lipinski definition) is 5. The molecule has 1 aromatic carbocycles. The van der Waals surface area contributed by atoms with Crippen LogP contribution < -0.4 is 10.5 Å².